The van der Waals surface area contributed by atoms with Gasteiger partial charge in [0.25, 0.3) is 5.56 Å². The monoisotopic (exact) mass is 255 g/mol. The summed E-state index contributed by atoms with van der Waals surface area (Å²) >= 11 is 0. The minimum atomic E-state index is -1.13. The molecule has 2 N–H and O–H groups in total. The summed E-state index contributed by atoms with van der Waals surface area (Å²) in [6.45, 7) is 1.13. The number of carboxylic acid groups (broad SMARTS) is 1. The Hall–Kier alpha value is -2.38. The van der Waals surface area contributed by atoms with Gasteiger partial charge in [-0.3, -0.25) is 23.9 Å². The van der Waals surface area contributed by atoms with Gasteiger partial charge in [-0.25, -0.2) is 4.79 Å². The highest BCUT2D eigenvalue weighted by molar-refractivity contribution is 5.81. The number of H-pyrrole nitrogens is 1. The van der Waals surface area contributed by atoms with Crippen molar-refractivity contribution in [3.63, 3.8) is 0 Å². The van der Waals surface area contributed by atoms with E-state index >= 15 is 0 Å². The Kier molecular flexibility index (Phi) is 4.41. The van der Waals surface area contributed by atoms with Crippen LogP contribution in [0.3, 0.4) is 0 Å². The van der Waals surface area contributed by atoms with E-state index in [1.54, 1.807) is 6.92 Å². The van der Waals surface area contributed by atoms with Gasteiger partial charge in [-0.1, -0.05) is 0 Å². The molecule has 0 saturated heterocycles. The number of aliphatic carboxylic acids is 1. The molecule has 8 nitrogen and oxygen atoms in total. The molecule has 98 valence electrons. The second kappa shape index (κ2) is 5.80. The highest BCUT2D eigenvalue weighted by Crippen LogP contribution is 1.92. The van der Waals surface area contributed by atoms with Gasteiger partial charge in [-0.2, -0.15) is 0 Å². The van der Waals surface area contributed by atoms with Gasteiger partial charge in [0.15, 0.2) is 0 Å². The predicted molar refractivity (Wildman–Crippen MR) is 61.2 cm³/mol. The Morgan fingerprint density at radius 1 is 1.44 bits per heavy atom. The van der Waals surface area contributed by atoms with E-state index in [0.717, 1.165) is 15.5 Å². The lowest BCUT2D eigenvalue weighted by Crippen LogP contribution is -2.40. The van der Waals surface area contributed by atoms with Gasteiger partial charge in [0.2, 0.25) is 5.91 Å². The van der Waals surface area contributed by atoms with Crippen molar-refractivity contribution in [2.24, 2.45) is 0 Å². The average Bonchev–Trinajstić information content (AvgIpc) is 2.29. The fourth-order valence-electron chi connectivity index (χ4n) is 1.35. The zero-order valence-electron chi connectivity index (χ0n) is 9.75. The third kappa shape index (κ3) is 3.58. The molecule has 0 aromatic carbocycles. The molecule has 1 rings (SSSR count). The molecule has 0 atom stereocenters. The summed E-state index contributed by atoms with van der Waals surface area (Å²) in [4.78, 5) is 47.5. The van der Waals surface area contributed by atoms with E-state index in [4.69, 9.17) is 5.11 Å². The number of likely N-dealkylation sites (N-methyl/N-ethyl adjacent to an activating group) is 1. The molecule has 0 fully saturated rings. The van der Waals surface area contributed by atoms with Crippen LogP contribution in [0.5, 0.6) is 0 Å². The summed E-state index contributed by atoms with van der Waals surface area (Å²) in [5.74, 6) is -1.63. The molecule has 0 spiro atoms. The SMILES string of the molecule is CCN(CC(=O)O)C(=O)Cn1ccc(=O)[nH]c1=O. The van der Waals surface area contributed by atoms with Crippen LogP contribution in [-0.2, 0) is 16.1 Å². The maximum atomic E-state index is 11.7. The van der Waals surface area contributed by atoms with Crippen LogP contribution in [0.1, 0.15) is 6.92 Å². The second-order valence-corrected chi connectivity index (χ2v) is 3.54. The highest BCUT2D eigenvalue weighted by Gasteiger charge is 2.15. The molecule has 1 heterocycles. The number of amides is 1. The quantitative estimate of drug-likeness (QED) is 0.662. The Bertz CT molecular complexity index is 559. The number of hydrogen-bond donors (Lipinski definition) is 2. The molecule has 0 aliphatic heterocycles. The summed E-state index contributed by atoms with van der Waals surface area (Å²) in [5.41, 5.74) is -1.26. The first-order valence-corrected chi connectivity index (χ1v) is 5.23. The van der Waals surface area contributed by atoms with Crippen molar-refractivity contribution < 1.29 is 14.7 Å². The van der Waals surface area contributed by atoms with Gasteiger partial charge < -0.3 is 10.0 Å². The van der Waals surface area contributed by atoms with Crippen molar-refractivity contribution in [2.45, 2.75) is 13.5 Å². The minimum absolute atomic E-state index is 0.225. The van der Waals surface area contributed by atoms with Crippen molar-refractivity contribution >= 4 is 11.9 Å². The number of nitrogens with one attached hydrogen (secondary N) is 1. The van der Waals surface area contributed by atoms with Crippen molar-refractivity contribution in [3.8, 4) is 0 Å². The predicted octanol–water partition coefficient (Wildman–Crippen LogP) is -1.53. The van der Waals surface area contributed by atoms with Gasteiger partial charge in [0, 0.05) is 18.8 Å². The second-order valence-electron chi connectivity index (χ2n) is 3.54. The molecule has 0 unspecified atom stereocenters. The van der Waals surface area contributed by atoms with E-state index in [-0.39, 0.29) is 13.1 Å². The third-order valence-corrected chi connectivity index (χ3v) is 2.26. The first-order chi connectivity index (χ1) is 8.43. The standard InChI is InChI=1S/C10H13N3O5/c1-2-12(6-9(16)17)8(15)5-13-4-3-7(14)11-10(13)18/h3-4H,2,5-6H2,1H3,(H,16,17)(H,11,14,18). The van der Waals surface area contributed by atoms with E-state index < -0.39 is 29.7 Å². The summed E-state index contributed by atoms with van der Waals surface area (Å²) in [7, 11) is 0. The lowest BCUT2D eigenvalue weighted by molar-refractivity contribution is -0.144. The van der Waals surface area contributed by atoms with E-state index in [1.165, 1.54) is 6.20 Å². The Morgan fingerprint density at radius 3 is 2.61 bits per heavy atom. The van der Waals surface area contributed by atoms with E-state index in [9.17, 15) is 19.2 Å². The van der Waals surface area contributed by atoms with E-state index in [2.05, 4.69) is 0 Å². The van der Waals surface area contributed by atoms with Crippen LogP contribution < -0.4 is 11.2 Å². The van der Waals surface area contributed by atoms with Gasteiger partial charge in [0.05, 0.1) is 0 Å². The molecule has 0 saturated carbocycles. The van der Waals surface area contributed by atoms with E-state index in [0.29, 0.717) is 0 Å². The smallest absolute Gasteiger partial charge is 0.328 e. The fourth-order valence-corrected chi connectivity index (χ4v) is 1.35. The first-order valence-electron chi connectivity index (χ1n) is 5.23. The largest absolute Gasteiger partial charge is 0.480 e. The van der Waals surface area contributed by atoms with Crippen LogP contribution in [0.15, 0.2) is 21.9 Å². The van der Waals surface area contributed by atoms with Crippen LogP contribution in [-0.4, -0.2) is 44.5 Å². The van der Waals surface area contributed by atoms with Gasteiger partial charge in [-0.05, 0) is 6.92 Å². The van der Waals surface area contributed by atoms with Crippen LogP contribution >= 0.6 is 0 Å². The normalized spacial score (nSPS) is 10.1. The molecule has 1 amide bonds. The molecular formula is C10H13N3O5. The number of aromatic amines is 1. The van der Waals surface area contributed by atoms with Crippen LogP contribution in [0.4, 0.5) is 0 Å². The van der Waals surface area contributed by atoms with Crippen LogP contribution in [0, 0.1) is 0 Å². The fraction of sp³-hybridized carbons (Fsp3) is 0.400. The minimum Gasteiger partial charge on any atom is -0.480 e. The lowest BCUT2D eigenvalue weighted by Gasteiger charge is -2.18. The topological polar surface area (TPSA) is 112 Å². The third-order valence-electron chi connectivity index (χ3n) is 2.26. The van der Waals surface area contributed by atoms with Crippen LogP contribution in [0.25, 0.3) is 0 Å². The van der Waals surface area contributed by atoms with Crippen molar-refractivity contribution in [2.75, 3.05) is 13.1 Å². The molecule has 1 aromatic heterocycles. The molecule has 1 aromatic rings. The molecule has 0 aliphatic rings. The number of nitrogens with zero attached hydrogens (tertiary/aromatic N) is 2. The maximum Gasteiger partial charge on any atom is 0.328 e. The van der Waals surface area contributed by atoms with Crippen LogP contribution in [0.2, 0.25) is 0 Å². The molecular weight excluding hydrogens is 242 g/mol. The molecule has 0 radical (unpaired) electrons. The summed E-state index contributed by atoms with van der Waals surface area (Å²) in [5, 5.41) is 8.61. The number of rotatable bonds is 5. The molecule has 18 heavy (non-hydrogen) atoms. The van der Waals surface area contributed by atoms with Gasteiger partial charge in [-0.15, -0.1) is 0 Å². The Morgan fingerprint density at radius 2 is 2.11 bits per heavy atom. The number of carboxylic acids is 1. The number of aromatic nitrogens is 2. The van der Waals surface area contributed by atoms with Crippen molar-refractivity contribution in [1.29, 1.82) is 0 Å². The van der Waals surface area contributed by atoms with Crippen molar-refractivity contribution in [3.05, 3.63) is 33.1 Å². The summed E-state index contributed by atoms with van der Waals surface area (Å²) in [6.07, 6.45) is 1.19. The maximum absolute atomic E-state index is 11.7. The molecule has 0 aliphatic carbocycles. The summed E-state index contributed by atoms with van der Waals surface area (Å²) < 4.78 is 1.01. The number of carbonyl (C=O) groups is 2. The first kappa shape index (κ1) is 13.7. The number of carbonyl (C=O) groups excluding carboxylic acids is 1. The molecule has 8 heteroatoms. The zero-order chi connectivity index (χ0) is 13.7. The number of hydrogen-bond acceptors (Lipinski definition) is 4. The Labute approximate surface area is 101 Å². The highest BCUT2D eigenvalue weighted by atomic mass is 16.4. The van der Waals surface area contributed by atoms with Gasteiger partial charge in [0.1, 0.15) is 13.1 Å². The zero-order valence-corrected chi connectivity index (χ0v) is 9.75. The Balaban J connectivity index is 2.83. The lowest BCUT2D eigenvalue weighted by atomic mass is 10.4. The molecule has 0 bridgehead atoms. The van der Waals surface area contributed by atoms with Crippen molar-refractivity contribution in [1.82, 2.24) is 14.5 Å². The summed E-state index contributed by atoms with van der Waals surface area (Å²) in [6, 6.07) is 1.11. The van der Waals surface area contributed by atoms with E-state index in [1.807, 2.05) is 4.98 Å². The average molecular weight is 255 g/mol. The van der Waals surface area contributed by atoms with Gasteiger partial charge >= 0.3 is 11.7 Å².